The summed E-state index contributed by atoms with van der Waals surface area (Å²) in [4.78, 5) is 12.7. The average Bonchev–Trinajstić information content (AvgIpc) is 2.67. The van der Waals surface area contributed by atoms with Crippen LogP contribution in [0.2, 0.25) is 0 Å². The van der Waals surface area contributed by atoms with Crippen molar-refractivity contribution in [3.63, 3.8) is 0 Å². The minimum Gasteiger partial charge on any atom is -0.380 e. The first-order valence-corrected chi connectivity index (χ1v) is 8.28. The molecule has 0 aliphatic carbocycles. The Balaban J connectivity index is 1.77. The molecule has 2 heteroatoms. The number of nitrogens with one attached hydrogen (secondary N) is 1. The van der Waals surface area contributed by atoms with Gasteiger partial charge in [0.05, 0.1) is 0 Å². The van der Waals surface area contributed by atoms with Gasteiger partial charge in [0.2, 0.25) is 0 Å². The molecule has 0 fully saturated rings. The van der Waals surface area contributed by atoms with Gasteiger partial charge in [-0.3, -0.25) is 4.79 Å². The lowest BCUT2D eigenvalue weighted by molar-refractivity contribution is 0.103. The average molecular weight is 315 g/mol. The normalized spacial score (nSPS) is 10.4. The van der Waals surface area contributed by atoms with Crippen LogP contribution in [0.4, 0.5) is 5.69 Å². The highest BCUT2D eigenvalue weighted by Crippen LogP contribution is 2.20. The number of para-hydroxylation sites is 1. The molecule has 0 unspecified atom stereocenters. The first-order chi connectivity index (χ1) is 11.8. The predicted molar refractivity (Wildman–Crippen MR) is 99.5 cm³/mol. The lowest BCUT2D eigenvalue weighted by Gasteiger charge is -2.12. The van der Waals surface area contributed by atoms with Gasteiger partial charge in [-0.15, -0.1) is 0 Å². The van der Waals surface area contributed by atoms with E-state index in [9.17, 15) is 4.79 Å². The summed E-state index contributed by atoms with van der Waals surface area (Å²) in [5.41, 5.74) is 4.81. The second-order valence-corrected chi connectivity index (χ2v) is 5.76. The van der Waals surface area contributed by atoms with Crippen LogP contribution in [-0.4, -0.2) is 5.78 Å². The highest BCUT2D eigenvalue weighted by Gasteiger charge is 2.12. The van der Waals surface area contributed by atoms with Crippen LogP contribution in [0.1, 0.15) is 34.0 Å². The second-order valence-electron chi connectivity index (χ2n) is 5.76. The zero-order valence-corrected chi connectivity index (χ0v) is 13.8. The molecule has 0 aliphatic heterocycles. The van der Waals surface area contributed by atoms with Gasteiger partial charge >= 0.3 is 0 Å². The number of carbonyl (C=O) groups excluding carboxylic acids is 1. The number of hydrogen-bond acceptors (Lipinski definition) is 2. The monoisotopic (exact) mass is 315 g/mol. The number of hydrogen-bond donors (Lipinski definition) is 1. The summed E-state index contributed by atoms with van der Waals surface area (Å²) in [6.45, 7) is 2.85. The quantitative estimate of drug-likeness (QED) is 0.642. The predicted octanol–water partition coefficient (Wildman–Crippen LogP) is 5.09. The number of rotatable bonds is 6. The van der Waals surface area contributed by atoms with Crippen LogP contribution in [-0.2, 0) is 13.0 Å². The van der Waals surface area contributed by atoms with E-state index in [1.165, 1.54) is 11.1 Å². The highest BCUT2D eigenvalue weighted by molar-refractivity contribution is 6.12. The Morgan fingerprint density at radius 1 is 0.792 bits per heavy atom. The Morgan fingerprint density at radius 3 is 2.12 bits per heavy atom. The van der Waals surface area contributed by atoms with Gasteiger partial charge in [0, 0.05) is 23.4 Å². The van der Waals surface area contributed by atoms with E-state index >= 15 is 0 Å². The van der Waals surface area contributed by atoms with E-state index in [4.69, 9.17) is 0 Å². The third-order valence-corrected chi connectivity index (χ3v) is 4.12. The van der Waals surface area contributed by atoms with Crippen LogP contribution in [0, 0.1) is 0 Å². The maximum absolute atomic E-state index is 12.7. The molecule has 0 aromatic heterocycles. The van der Waals surface area contributed by atoms with Gasteiger partial charge in [0.1, 0.15) is 0 Å². The van der Waals surface area contributed by atoms with Crippen molar-refractivity contribution in [2.24, 2.45) is 0 Å². The maximum Gasteiger partial charge on any atom is 0.195 e. The van der Waals surface area contributed by atoms with Crippen LogP contribution in [0.3, 0.4) is 0 Å². The van der Waals surface area contributed by atoms with Crippen molar-refractivity contribution in [1.82, 2.24) is 0 Å². The molecule has 0 saturated heterocycles. The Labute approximate surface area is 143 Å². The van der Waals surface area contributed by atoms with Crippen molar-refractivity contribution < 1.29 is 4.79 Å². The Kier molecular flexibility index (Phi) is 5.07. The number of carbonyl (C=O) groups is 1. The van der Waals surface area contributed by atoms with Gasteiger partial charge in [0.25, 0.3) is 0 Å². The number of benzene rings is 3. The topological polar surface area (TPSA) is 29.1 Å². The van der Waals surface area contributed by atoms with Gasteiger partial charge in [-0.1, -0.05) is 73.7 Å². The molecule has 3 aromatic carbocycles. The zero-order valence-electron chi connectivity index (χ0n) is 13.8. The standard InChI is InChI=1S/C22H21NO/c1-2-17-12-14-18(15-13-17)16-23-21-11-7-6-10-20(21)22(24)19-8-4-3-5-9-19/h3-15,23H,2,16H2,1H3. The van der Waals surface area contributed by atoms with Gasteiger partial charge in [0.15, 0.2) is 5.78 Å². The third kappa shape index (κ3) is 3.72. The van der Waals surface area contributed by atoms with E-state index in [1.807, 2.05) is 54.6 Å². The molecule has 0 atom stereocenters. The summed E-state index contributed by atoms with van der Waals surface area (Å²) in [5.74, 6) is 0.0417. The van der Waals surface area contributed by atoms with Crippen LogP contribution in [0.5, 0.6) is 0 Å². The van der Waals surface area contributed by atoms with E-state index in [2.05, 4.69) is 36.5 Å². The van der Waals surface area contributed by atoms with Gasteiger partial charge in [-0.05, 0) is 29.7 Å². The number of aryl methyl sites for hydroxylation is 1. The second kappa shape index (κ2) is 7.60. The molecule has 120 valence electrons. The van der Waals surface area contributed by atoms with Crippen molar-refractivity contribution in [3.8, 4) is 0 Å². The van der Waals surface area contributed by atoms with Gasteiger partial charge in [-0.25, -0.2) is 0 Å². The molecule has 3 rings (SSSR count). The van der Waals surface area contributed by atoms with E-state index in [1.54, 1.807) is 0 Å². The van der Waals surface area contributed by atoms with Crippen LogP contribution >= 0.6 is 0 Å². The molecule has 0 amide bonds. The molecule has 24 heavy (non-hydrogen) atoms. The van der Waals surface area contributed by atoms with Crippen molar-refractivity contribution in [2.45, 2.75) is 19.9 Å². The summed E-state index contributed by atoms with van der Waals surface area (Å²) in [5, 5.41) is 3.40. The number of ketones is 1. The minimum absolute atomic E-state index is 0.0417. The first-order valence-electron chi connectivity index (χ1n) is 8.28. The molecular weight excluding hydrogens is 294 g/mol. The molecule has 3 aromatic rings. The summed E-state index contributed by atoms with van der Waals surface area (Å²) in [6.07, 6.45) is 1.04. The molecule has 0 aliphatic rings. The van der Waals surface area contributed by atoms with Crippen molar-refractivity contribution >= 4 is 11.5 Å². The van der Waals surface area contributed by atoms with E-state index in [0.717, 1.165) is 12.1 Å². The van der Waals surface area contributed by atoms with Gasteiger partial charge < -0.3 is 5.32 Å². The summed E-state index contributed by atoms with van der Waals surface area (Å²) in [6, 6.07) is 25.6. The smallest absolute Gasteiger partial charge is 0.195 e. The van der Waals surface area contributed by atoms with E-state index in [-0.39, 0.29) is 5.78 Å². The van der Waals surface area contributed by atoms with Gasteiger partial charge in [-0.2, -0.15) is 0 Å². The lowest BCUT2D eigenvalue weighted by atomic mass is 10.0. The lowest BCUT2D eigenvalue weighted by Crippen LogP contribution is -2.08. The Morgan fingerprint density at radius 2 is 1.42 bits per heavy atom. The molecular formula is C22H21NO. The minimum atomic E-state index is 0.0417. The van der Waals surface area contributed by atoms with E-state index in [0.29, 0.717) is 17.7 Å². The van der Waals surface area contributed by atoms with Crippen molar-refractivity contribution in [1.29, 1.82) is 0 Å². The summed E-state index contributed by atoms with van der Waals surface area (Å²) in [7, 11) is 0. The van der Waals surface area contributed by atoms with Crippen LogP contribution < -0.4 is 5.32 Å². The molecule has 0 bridgehead atoms. The first kappa shape index (κ1) is 16.0. The molecule has 2 nitrogen and oxygen atoms in total. The molecule has 0 spiro atoms. The Bertz CT molecular complexity index is 807. The highest BCUT2D eigenvalue weighted by atomic mass is 16.1. The largest absolute Gasteiger partial charge is 0.380 e. The molecule has 0 heterocycles. The van der Waals surface area contributed by atoms with Crippen molar-refractivity contribution in [2.75, 3.05) is 5.32 Å². The summed E-state index contributed by atoms with van der Waals surface area (Å²) >= 11 is 0. The summed E-state index contributed by atoms with van der Waals surface area (Å²) < 4.78 is 0. The zero-order chi connectivity index (χ0) is 16.8. The third-order valence-electron chi connectivity index (χ3n) is 4.12. The fourth-order valence-corrected chi connectivity index (χ4v) is 2.67. The SMILES string of the molecule is CCc1ccc(CNc2ccccc2C(=O)c2ccccc2)cc1. The number of anilines is 1. The maximum atomic E-state index is 12.7. The fraction of sp³-hybridized carbons (Fsp3) is 0.136. The van der Waals surface area contributed by atoms with E-state index < -0.39 is 0 Å². The van der Waals surface area contributed by atoms with Crippen LogP contribution in [0.15, 0.2) is 78.9 Å². The van der Waals surface area contributed by atoms with Crippen molar-refractivity contribution in [3.05, 3.63) is 101 Å². The molecule has 1 N–H and O–H groups in total. The van der Waals surface area contributed by atoms with Crippen LogP contribution in [0.25, 0.3) is 0 Å². The Hall–Kier alpha value is -2.87. The fourth-order valence-electron chi connectivity index (χ4n) is 2.67. The molecule has 0 radical (unpaired) electrons. The molecule has 0 saturated carbocycles.